The van der Waals surface area contributed by atoms with E-state index < -0.39 is 9.84 Å². The van der Waals surface area contributed by atoms with Crippen molar-refractivity contribution >= 4 is 21.9 Å². The first kappa shape index (κ1) is 19.1. The van der Waals surface area contributed by atoms with Crippen molar-refractivity contribution in [1.29, 1.82) is 0 Å². The van der Waals surface area contributed by atoms with Gasteiger partial charge >= 0.3 is 0 Å². The number of hydrazone groups is 1. The summed E-state index contributed by atoms with van der Waals surface area (Å²) in [5, 5.41) is 6.00. The normalized spacial score (nSPS) is 14.9. The number of hydrogen-bond donors (Lipinski definition) is 1. The Morgan fingerprint density at radius 1 is 1.22 bits per heavy atom. The van der Waals surface area contributed by atoms with Crippen molar-refractivity contribution in [2.75, 3.05) is 30.9 Å². The number of halogens is 1. The first-order valence-electron chi connectivity index (χ1n) is 8.35. The second kappa shape index (κ2) is 7.89. The van der Waals surface area contributed by atoms with Crippen LogP contribution in [0.25, 0.3) is 11.1 Å². The Bertz CT molecular complexity index is 971. The maximum Gasteiger partial charge on any atom is 0.175 e. The van der Waals surface area contributed by atoms with Gasteiger partial charge in [0.05, 0.1) is 17.8 Å². The molecule has 0 unspecified atom stereocenters. The summed E-state index contributed by atoms with van der Waals surface area (Å²) in [6.07, 6.45) is 3.41. The van der Waals surface area contributed by atoms with Gasteiger partial charge in [0.25, 0.3) is 0 Å². The Balaban J connectivity index is 1.76. The smallest absolute Gasteiger partial charge is 0.175 e. The highest BCUT2D eigenvalue weighted by Crippen LogP contribution is 2.26. The molecule has 0 radical (unpaired) electrons. The topological polar surface area (TPSA) is 79.0 Å². The van der Waals surface area contributed by atoms with E-state index >= 15 is 0 Å². The van der Waals surface area contributed by atoms with Gasteiger partial charge in [-0.25, -0.2) is 12.8 Å². The molecule has 0 bridgehead atoms. The van der Waals surface area contributed by atoms with Crippen LogP contribution in [0, 0.1) is 0 Å². The van der Waals surface area contributed by atoms with Crippen molar-refractivity contribution in [2.45, 2.75) is 4.90 Å². The molecule has 0 saturated heterocycles. The molecule has 142 valence electrons. The highest BCUT2D eigenvalue weighted by atomic mass is 32.2. The van der Waals surface area contributed by atoms with Crippen molar-refractivity contribution in [2.24, 2.45) is 10.8 Å². The zero-order valence-electron chi connectivity index (χ0n) is 14.9. The van der Waals surface area contributed by atoms with E-state index in [0.717, 1.165) is 16.8 Å². The molecule has 2 aromatic rings. The summed E-state index contributed by atoms with van der Waals surface area (Å²) in [5.41, 5.74) is 8.79. The van der Waals surface area contributed by atoms with Gasteiger partial charge in [-0.05, 0) is 41.0 Å². The van der Waals surface area contributed by atoms with Gasteiger partial charge in [-0.2, -0.15) is 5.10 Å². The summed E-state index contributed by atoms with van der Waals surface area (Å²) in [4.78, 5) is 2.24. The number of sulfone groups is 1. The van der Waals surface area contributed by atoms with Crippen LogP contribution < -0.4 is 10.6 Å². The molecule has 2 N–H and O–H groups in total. The molecule has 0 atom stereocenters. The van der Waals surface area contributed by atoms with Crippen molar-refractivity contribution in [3.63, 3.8) is 0 Å². The van der Waals surface area contributed by atoms with Gasteiger partial charge in [0.1, 0.15) is 13.0 Å². The molecule has 0 amide bonds. The molecule has 8 heteroatoms. The third-order valence-electron chi connectivity index (χ3n) is 4.27. The van der Waals surface area contributed by atoms with Crippen LogP contribution in [0.5, 0.6) is 0 Å². The quantitative estimate of drug-likeness (QED) is 0.823. The van der Waals surface area contributed by atoms with Gasteiger partial charge in [-0.1, -0.05) is 24.3 Å². The van der Waals surface area contributed by atoms with Gasteiger partial charge in [-0.3, -0.25) is 5.01 Å². The molecule has 2 aromatic carbocycles. The van der Waals surface area contributed by atoms with E-state index in [0.29, 0.717) is 30.0 Å². The van der Waals surface area contributed by atoms with Crippen molar-refractivity contribution in [1.82, 2.24) is 5.01 Å². The maximum absolute atomic E-state index is 12.7. The van der Waals surface area contributed by atoms with Crippen LogP contribution in [-0.2, 0) is 9.84 Å². The number of nitrogens with zero attached hydrogens (tertiary/aromatic N) is 3. The number of nitrogens with two attached hydrogens (primary N) is 1. The molecule has 1 heterocycles. The van der Waals surface area contributed by atoms with Gasteiger partial charge in [-0.15, -0.1) is 0 Å². The summed E-state index contributed by atoms with van der Waals surface area (Å²) < 4.78 is 35.9. The molecule has 1 aliphatic rings. The Morgan fingerprint density at radius 2 is 1.96 bits per heavy atom. The van der Waals surface area contributed by atoms with Gasteiger partial charge < -0.3 is 10.6 Å². The zero-order chi connectivity index (χ0) is 19.4. The van der Waals surface area contributed by atoms with E-state index in [1.54, 1.807) is 35.6 Å². The lowest BCUT2D eigenvalue weighted by atomic mass is 10.1. The second-order valence-electron chi connectivity index (χ2n) is 6.33. The SMILES string of the molecule is CS(=O)(=O)c1ccc(-c2cccc(N3C=NN(C/C(=C\F)CN)C3)c2)cc1. The lowest BCUT2D eigenvalue weighted by Crippen LogP contribution is -2.29. The minimum absolute atomic E-state index is 0.154. The summed E-state index contributed by atoms with van der Waals surface area (Å²) in [6.45, 7) is 0.988. The average Bonchev–Trinajstić information content (AvgIpc) is 3.14. The molecular weight excluding hydrogens is 367 g/mol. The number of hydrogen-bond acceptors (Lipinski definition) is 6. The Hall–Kier alpha value is -2.71. The third-order valence-corrected chi connectivity index (χ3v) is 5.39. The standard InChI is InChI=1S/C19H21FN4O2S/c1-27(25,26)19-7-5-16(6-8-19)17-3-2-4-18(9-17)23-13-22-24(14-23)12-15(10-20)11-21/h2-10,13H,11-12,14,21H2,1H3/b15-10-. The van der Waals surface area contributed by atoms with E-state index in [1.165, 1.54) is 6.26 Å². The molecule has 0 saturated carbocycles. The molecule has 0 spiro atoms. The number of benzene rings is 2. The Morgan fingerprint density at radius 3 is 2.59 bits per heavy atom. The fourth-order valence-corrected chi connectivity index (χ4v) is 3.39. The monoisotopic (exact) mass is 388 g/mol. The first-order valence-corrected chi connectivity index (χ1v) is 10.2. The molecule has 27 heavy (non-hydrogen) atoms. The first-order chi connectivity index (χ1) is 12.9. The van der Waals surface area contributed by atoms with Crippen LogP contribution in [0.2, 0.25) is 0 Å². The minimum atomic E-state index is -3.21. The lowest BCUT2D eigenvalue weighted by molar-refractivity contribution is 0.343. The van der Waals surface area contributed by atoms with Gasteiger partial charge in [0.15, 0.2) is 9.84 Å². The number of rotatable bonds is 6. The van der Waals surface area contributed by atoms with E-state index in [9.17, 15) is 12.8 Å². The fraction of sp³-hybridized carbons (Fsp3) is 0.211. The van der Waals surface area contributed by atoms with Crippen LogP contribution in [0.3, 0.4) is 0 Å². The van der Waals surface area contributed by atoms with Crippen molar-refractivity contribution in [3.05, 3.63) is 60.4 Å². The molecule has 0 fully saturated rings. The number of anilines is 1. The van der Waals surface area contributed by atoms with E-state index in [-0.39, 0.29) is 6.54 Å². The molecular formula is C19H21FN4O2S. The largest absolute Gasteiger partial charge is 0.327 e. The Kier molecular flexibility index (Phi) is 5.57. The highest BCUT2D eigenvalue weighted by Gasteiger charge is 2.17. The Labute approximate surface area is 158 Å². The molecule has 0 aromatic heterocycles. The summed E-state index contributed by atoms with van der Waals surface area (Å²) >= 11 is 0. The molecule has 1 aliphatic heterocycles. The molecule has 3 rings (SSSR count). The average molecular weight is 388 g/mol. The fourth-order valence-electron chi connectivity index (χ4n) is 2.76. The van der Waals surface area contributed by atoms with Crippen LogP contribution in [-0.4, -0.2) is 45.8 Å². The van der Waals surface area contributed by atoms with Gasteiger partial charge in [0.2, 0.25) is 0 Å². The summed E-state index contributed by atoms with van der Waals surface area (Å²) in [5.74, 6) is 0. The second-order valence-corrected chi connectivity index (χ2v) is 8.34. The zero-order valence-corrected chi connectivity index (χ0v) is 15.7. The summed E-state index contributed by atoms with van der Waals surface area (Å²) in [6, 6.07) is 14.6. The van der Waals surface area contributed by atoms with Crippen LogP contribution in [0.1, 0.15) is 0 Å². The van der Waals surface area contributed by atoms with Gasteiger partial charge in [0, 0.05) is 18.5 Å². The lowest BCUT2D eigenvalue weighted by Gasteiger charge is -2.20. The van der Waals surface area contributed by atoms with Crippen molar-refractivity contribution in [3.8, 4) is 11.1 Å². The minimum Gasteiger partial charge on any atom is -0.327 e. The predicted octanol–water partition coefficient (Wildman–Crippen LogP) is 2.59. The maximum atomic E-state index is 12.7. The molecule has 6 nitrogen and oxygen atoms in total. The third kappa shape index (κ3) is 4.53. The van der Waals surface area contributed by atoms with Crippen molar-refractivity contribution < 1.29 is 12.8 Å². The van der Waals surface area contributed by atoms with E-state index in [2.05, 4.69) is 5.10 Å². The van der Waals surface area contributed by atoms with Crippen LogP contribution >= 0.6 is 0 Å². The van der Waals surface area contributed by atoms with E-state index in [4.69, 9.17) is 5.73 Å². The van der Waals surface area contributed by atoms with E-state index in [1.807, 2.05) is 29.2 Å². The predicted molar refractivity (Wildman–Crippen MR) is 106 cm³/mol. The molecule has 0 aliphatic carbocycles. The highest BCUT2D eigenvalue weighted by molar-refractivity contribution is 7.90. The van der Waals surface area contributed by atoms with Crippen LogP contribution in [0.15, 0.2) is 70.4 Å². The van der Waals surface area contributed by atoms with Crippen LogP contribution in [0.4, 0.5) is 10.1 Å². The summed E-state index contributed by atoms with van der Waals surface area (Å²) in [7, 11) is -3.21.